The Morgan fingerprint density at radius 1 is 1.11 bits per heavy atom. The number of benzene rings is 1. The summed E-state index contributed by atoms with van der Waals surface area (Å²) in [7, 11) is 0. The molecule has 0 aliphatic heterocycles. The zero-order valence-electron chi connectivity index (χ0n) is 17.6. The van der Waals surface area contributed by atoms with Crippen LogP contribution >= 0.6 is 11.8 Å². The van der Waals surface area contributed by atoms with E-state index in [4.69, 9.17) is 9.73 Å². The number of hydrogen-bond donors (Lipinski definition) is 2. The smallest absolute Gasteiger partial charge is 0.191 e. The van der Waals surface area contributed by atoms with E-state index >= 15 is 0 Å². The summed E-state index contributed by atoms with van der Waals surface area (Å²) in [6.45, 7) is 12.6. The predicted molar refractivity (Wildman–Crippen MR) is 120 cm³/mol. The lowest BCUT2D eigenvalue weighted by Crippen LogP contribution is -2.37. The van der Waals surface area contributed by atoms with Crippen molar-refractivity contribution in [1.29, 1.82) is 0 Å². The maximum absolute atomic E-state index is 6.03. The molecule has 2 N–H and O–H groups in total. The molecule has 0 spiro atoms. The minimum absolute atomic E-state index is 0.613. The lowest BCUT2D eigenvalue weighted by atomic mass is 10.2. The van der Waals surface area contributed by atoms with Gasteiger partial charge in [0.25, 0.3) is 0 Å². The van der Waals surface area contributed by atoms with Gasteiger partial charge in [0, 0.05) is 25.2 Å². The largest absolute Gasteiger partial charge is 0.492 e. The van der Waals surface area contributed by atoms with Crippen molar-refractivity contribution in [2.24, 2.45) is 4.99 Å². The van der Waals surface area contributed by atoms with Crippen LogP contribution in [0.15, 0.2) is 29.3 Å². The molecule has 0 bridgehead atoms. The summed E-state index contributed by atoms with van der Waals surface area (Å²) in [6, 6.07) is 8.20. The molecule has 0 atom stereocenters. The second-order valence-corrected chi connectivity index (χ2v) is 7.29. The molecule has 5 nitrogen and oxygen atoms in total. The quantitative estimate of drug-likeness (QED) is 0.287. The highest BCUT2D eigenvalue weighted by Gasteiger charge is 2.05. The van der Waals surface area contributed by atoms with E-state index in [1.165, 1.54) is 12.2 Å². The fourth-order valence-corrected chi connectivity index (χ4v) is 3.18. The van der Waals surface area contributed by atoms with Crippen LogP contribution in [0.5, 0.6) is 5.75 Å². The number of rotatable bonds is 14. The molecule has 6 heteroatoms. The molecule has 0 unspecified atom stereocenters. The first-order valence-electron chi connectivity index (χ1n) is 10.2. The summed E-state index contributed by atoms with van der Waals surface area (Å²) >= 11 is 1.90. The summed E-state index contributed by atoms with van der Waals surface area (Å²) in [5.74, 6) is 3.02. The normalized spacial score (nSPS) is 11.7. The third-order valence-corrected chi connectivity index (χ3v) is 5.05. The molecule has 0 radical (unpaired) electrons. The topological polar surface area (TPSA) is 48.9 Å². The van der Waals surface area contributed by atoms with E-state index in [0.29, 0.717) is 13.2 Å². The molecular formula is C21H38N4OS. The third kappa shape index (κ3) is 10.5. The molecule has 1 aromatic rings. The van der Waals surface area contributed by atoms with Crippen LogP contribution in [0.25, 0.3) is 0 Å². The molecule has 1 aromatic carbocycles. The van der Waals surface area contributed by atoms with E-state index in [0.717, 1.165) is 56.4 Å². The number of hydrogen-bond acceptors (Lipinski definition) is 4. The van der Waals surface area contributed by atoms with Gasteiger partial charge in [-0.05, 0) is 50.9 Å². The molecule has 0 fully saturated rings. The molecule has 0 heterocycles. The van der Waals surface area contributed by atoms with Crippen LogP contribution in [-0.4, -0.2) is 62.2 Å². The van der Waals surface area contributed by atoms with Crippen molar-refractivity contribution in [1.82, 2.24) is 15.5 Å². The average Bonchev–Trinajstić information content (AvgIpc) is 2.70. The zero-order chi connectivity index (χ0) is 19.7. The number of unbranched alkanes of at least 4 members (excludes halogenated alkanes) is 1. The van der Waals surface area contributed by atoms with Gasteiger partial charge in [-0.3, -0.25) is 0 Å². The monoisotopic (exact) mass is 394 g/mol. The van der Waals surface area contributed by atoms with Gasteiger partial charge in [-0.2, -0.15) is 11.8 Å². The third-order valence-electron chi connectivity index (χ3n) is 4.35. The van der Waals surface area contributed by atoms with Crippen molar-refractivity contribution in [3.63, 3.8) is 0 Å². The maximum Gasteiger partial charge on any atom is 0.191 e. The number of likely N-dealkylation sites (N-methyl/N-ethyl adjacent to an activating group) is 1. The molecule has 1 rings (SSSR count). The van der Waals surface area contributed by atoms with Crippen molar-refractivity contribution in [3.8, 4) is 5.75 Å². The van der Waals surface area contributed by atoms with Crippen LogP contribution in [0.4, 0.5) is 0 Å². The highest BCUT2D eigenvalue weighted by atomic mass is 32.2. The van der Waals surface area contributed by atoms with Crippen molar-refractivity contribution in [3.05, 3.63) is 29.8 Å². The molecule has 0 amide bonds. The number of nitrogens with one attached hydrogen (secondary N) is 2. The molecule has 0 aromatic heterocycles. The second kappa shape index (κ2) is 15.6. The molecule has 0 aliphatic rings. The molecular weight excluding hydrogens is 356 g/mol. The van der Waals surface area contributed by atoms with Crippen LogP contribution in [0.3, 0.4) is 0 Å². The van der Waals surface area contributed by atoms with E-state index in [2.05, 4.69) is 48.6 Å². The van der Waals surface area contributed by atoms with E-state index in [1.54, 1.807) is 0 Å². The minimum atomic E-state index is 0.613. The number of thioether (sulfide) groups is 1. The maximum atomic E-state index is 6.03. The molecule has 27 heavy (non-hydrogen) atoms. The Morgan fingerprint density at radius 2 is 1.89 bits per heavy atom. The Morgan fingerprint density at radius 3 is 2.59 bits per heavy atom. The molecule has 0 aliphatic carbocycles. The van der Waals surface area contributed by atoms with Crippen LogP contribution < -0.4 is 15.4 Å². The highest BCUT2D eigenvalue weighted by Crippen LogP contribution is 2.18. The van der Waals surface area contributed by atoms with Gasteiger partial charge in [0.1, 0.15) is 12.4 Å². The first-order valence-corrected chi connectivity index (χ1v) is 11.6. The van der Waals surface area contributed by atoms with E-state index in [-0.39, 0.29) is 0 Å². The van der Waals surface area contributed by atoms with Crippen LogP contribution in [0.1, 0.15) is 39.2 Å². The first kappa shape index (κ1) is 23.6. The summed E-state index contributed by atoms with van der Waals surface area (Å²) in [5.41, 5.74) is 1.12. The van der Waals surface area contributed by atoms with Crippen LogP contribution in [0, 0.1) is 0 Å². The molecule has 154 valence electrons. The SMILES string of the molecule is CCNC(=NCc1ccccc1OCCN(CC)CC)NCCCCSC. The summed E-state index contributed by atoms with van der Waals surface area (Å²) < 4.78 is 6.03. The predicted octanol–water partition coefficient (Wildman–Crippen LogP) is 3.61. The Balaban J connectivity index is 2.57. The van der Waals surface area contributed by atoms with Gasteiger partial charge in [0.2, 0.25) is 0 Å². The number of nitrogens with zero attached hydrogens (tertiary/aromatic N) is 2. The molecule has 0 saturated heterocycles. The van der Waals surface area contributed by atoms with Gasteiger partial charge in [-0.25, -0.2) is 4.99 Å². The fourth-order valence-electron chi connectivity index (χ4n) is 2.68. The Bertz CT molecular complexity index is 521. The van der Waals surface area contributed by atoms with Crippen molar-refractivity contribution < 1.29 is 4.74 Å². The van der Waals surface area contributed by atoms with Gasteiger partial charge < -0.3 is 20.3 Å². The van der Waals surface area contributed by atoms with Crippen LogP contribution in [0.2, 0.25) is 0 Å². The van der Waals surface area contributed by atoms with Gasteiger partial charge in [0.05, 0.1) is 6.54 Å². The number of guanidine groups is 1. The summed E-state index contributed by atoms with van der Waals surface area (Å²) in [4.78, 5) is 7.10. The van der Waals surface area contributed by atoms with Gasteiger partial charge >= 0.3 is 0 Å². The highest BCUT2D eigenvalue weighted by molar-refractivity contribution is 7.98. The zero-order valence-corrected chi connectivity index (χ0v) is 18.4. The van der Waals surface area contributed by atoms with E-state index < -0.39 is 0 Å². The van der Waals surface area contributed by atoms with Crippen molar-refractivity contribution in [2.45, 2.75) is 40.2 Å². The lowest BCUT2D eigenvalue weighted by Gasteiger charge is -2.19. The van der Waals surface area contributed by atoms with Gasteiger partial charge in [-0.1, -0.05) is 32.0 Å². The fraction of sp³-hybridized carbons (Fsp3) is 0.667. The number of aliphatic imine (C=N–C) groups is 1. The van der Waals surface area contributed by atoms with Crippen molar-refractivity contribution >= 4 is 17.7 Å². The lowest BCUT2D eigenvalue weighted by molar-refractivity contribution is 0.221. The summed E-state index contributed by atoms with van der Waals surface area (Å²) in [5, 5.41) is 6.75. The van der Waals surface area contributed by atoms with Gasteiger partial charge in [0.15, 0.2) is 5.96 Å². The van der Waals surface area contributed by atoms with E-state index in [1.807, 2.05) is 30.0 Å². The van der Waals surface area contributed by atoms with Crippen LogP contribution in [-0.2, 0) is 6.54 Å². The van der Waals surface area contributed by atoms with Gasteiger partial charge in [-0.15, -0.1) is 0 Å². The Hall–Kier alpha value is -1.40. The average molecular weight is 395 g/mol. The molecule has 0 saturated carbocycles. The minimum Gasteiger partial charge on any atom is -0.492 e. The standard InChI is InChI=1S/C21H38N4OS/c1-5-22-21(23-14-10-11-17-27-4)24-18-19-12-8-9-13-20(19)26-16-15-25(6-2)7-3/h8-9,12-13H,5-7,10-11,14-18H2,1-4H3,(H2,22,23,24). The van der Waals surface area contributed by atoms with E-state index in [9.17, 15) is 0 Å². The second-order valence-electron chi connectivity index (χ2n) is 6.30. The van der Waals surface area contributed by atoms with Crippen molar-refractivity contribution in [2.75, 3.05) is 51.3 Å². The number of para-hydroxylation sites is 1. The Kier molecular flexibility index (Phi) is 13.7. The Labute approximate surface area is 170 Å². The summed E-state index contributed by atoms with van der Waals surface area (Å²) in [6.07, 6.45) is 4.55. The first-order chi connectivity index (χ1) is 13.2. The number of ether oxygens (including phenoxy) is 1.